The monoisotopic (exact) mass is 258 g/mol. The van der Waals surface area contributed by atoms with E-state index in [-0.39, 0.29) is 0 Å². The molecule has 19 heavy (non-hydrogen) atoms. The molecule has 2 unspecified atom stereocenters. The predicted octanol–water partition coefficient (Wildman–Crippen LogP) is 3.21. The molecule has 2 nitrogen and oxygen atoms in total. The van der Waals surface area contributed by atoms with E-state index in [1.807, 2.05) is 0 Å². The van der Waals surface area contributed by atoms with Gasteiger partial charge in [-0.25, -0.2) is 0 Å². The minimum atomic E-state index is 0.579. The number of piperazine rings is 1. The molecule has 1 N–H and O–H groups in total. The highest BCUT2D eigenvalue weighted by Crippen LogP contribution is 2.34. The molecule has 1 saturated carbocycles. The van der Waals surface area contributed by atoms with E-state index < -0.39 is 0 Å². The lowest BCUT2D eigenvalue weighted by Gasteiger charge is -2.41. The Morgan fingerprint density at radius 2 is 2.00 bits per heavy atom. The van der Waals surface area contributed by atoms with E-state index in [0.717, 1.165) is 12.5 Å². The van der Waals surface area contributed by atoms with Crippen LogP contribution in [0.4, 0.5) is 0 Å². The highest BCUT2D eigenvalue weighted by Gasteiger charge is 2.32. The van der Waals surface area contributed by atoms with Gasteiger partial charge in [-0.3, -0.25) is 4.90 Å². The van der Waals surface area contributed by atoms with E-state index in [1.165, 1.54) is 44.3 Å². The average Bonchev–Trinajstić information content (AvgIpc) is 3.24. The van der Waals surface area contributed by atoms with Crippen molar-refractivity contribution < 1.29 is 0 Å². The Kier molecular flexibility index (Phi) is 4.19. The Morgan fingerprint density at radius 3 is 2.68 bits per heavy atom. The quantitative estimate of drug-likeness (QED) is 0.872. The first-order valence-corrected chi connectivity index (χ1v) is 7.89. The van der Waals surface area contributed by atoms with E-state index in [1.54, 1.807) is 0 Å². The van der Waals surface area contributed by atoms with Gasteiger partial charge in [0, 0.05) is 31.7 Å². The van der Waals surface area contributed by atoms with Gasteiger partial charge in [0.25, 0.3) is 0 Å². The van der Waals surface area contributed by atoms with Gasteiger partial charge in [0.2, 0.25) is 0 Å². The molecule has 2 aliphatic rings. The second kappa shape index (κ2) is 6.06. The summed E-state index contributed by atoms with van der Waals surface area (Å²) in [7, 11) is 0. The number of benzene rings is 1. The molecule has 3 rings (SSSR count). The normalized spacial score (nSPS) is 28.5. The molecule has 2 fully saturated rings. The second-order valence-electron chi connectivity index (χ2n) is 6.22. The fourth-order valence-electron chi connectivity index (χ4n) is 3.26. The maximum Gasteiger partial charge on any atom is 0.0473 e. The van der Waals surface area contributed by atoms with Crippen LogP contribution in [0.25, 0.3) is 0 Å². The van der Waals surface area contributed by atoms with Gasteiger partial charge in [-0.1, -0.05) is 43.7 Å². The van der Waals surface area contributed by atoms with Gasteiger partial charge in [-0.05, 0) is 30.7 Å². The van der Waals surface area contributed by atoms with Crippen LogP contribution in [0.5, 0.6) is 0 Å². The molecule has 1 saturated heterocycles. The summed E-state index contributed by atoms with van der Waals surface area (Å²) in [6.45, 7) is 5.93. The van der Waals surface area contributed by atoms with E-state index in [9.17, 15) is 0 Å². The first-order chi connectivity index (χ1) is 9.36. The highest BCUT2D eigenvalue weighted by atomic mass is 15.2. The Bertz CT molecular complexity index is 386. The SMILES string of the molecule is CCCC1CN(CC2CC2)C(c2ccccc2)CN1. The third-order valence-corrected chi connectivity index (χ3v) is 4.51. The van der Waals surface area contributed by atoms with Gasteiger partial charge in [0.05, 0.1) is 0 Å². The van der Waals surface area contributed by atoms with Crippen LogP contribution in [0.3, 0.4) is 0 Å². The van der Waals surface area contributed by atoms with Crippen LogP contribution in [0, 0.1) is 5.92 Å². The maximum atomic E-state index is 3.75. The number of nitrogens with zero attached hydrogens (tertiary/aromatic N) is 1. The fourth-order valence-corrected chi connectivity index (χ4v) is 3.26. The van der Waals surface area contributed by atoms with E-state index in [4.69, 9.17) is 0 Å². The molecule has 2 heteroatoms. The van der Waals surface area contributed by atoms with Crippen molar-refractivity contribution in [1.29, 1.82) is 0 Å². The molecule has 1 heterocycles. The Morgan fingerprint density at radius 1 is 1.21 bits per heavy atom. The van der Waals surface area contributed by atoms with Gasteiger partial charge < -0.3 is 5.32 Å². The van der Waals surface area contributed by atoms with Crippen LogP contribution >= 0.6 is 0 Å². The standard InChI is InChI=1S/C17H26N2/c1-2-6-16-13-19(12-14-9-10-14)17(11-18-16)15-7-4-3-5-8-15/h3-5,7-8,14,16-18H,2,6,9-13H2,1H3. The van der Waals surface area contributed by atoms with Crippen molar-refractivity contribution in [2.45, 2.75) is 44.7 Å². The summed E-state index contributed by atoms with van der Waals surface area (Å²) in [5.74, 6) is 0.978. The molecule has 1 aliphatic carbocycles. The number of hydrogen-bond donors (Lipinski definition) is 1. The summed E-state index contributed by atoms with van der Waals surface area (Å²) in [6, 6.07) is 12.3. The third-order valence-electron chi connectivity index (χ3n) is 4.51. The summed E-state index contributed by atoms with van der Waals surface area (Å²) in [6.07, 6.45) is 5.49. The topological polar surface area (TPSA) is 15.3 Å². The van der Waals surface area contributed by atoms with Crippen LogP contribution < -0.4 is 5.32 Å². The largest absolute Gasteiger partial charge is 0.311 e. The van der Waals surface area contributed by atoms with E-state index in [2.05, 4.69) is 47.5 Å². The third kappa shape index (κ3) is 3.37. The van der Waals surface area contributed by atoms with Crippen molar-refractivity contribution in [2.24, 2.45) is 5.92 Å². The first kappa shape index (κ1) is 13.1. The second-order valence-corrected chi connectivity index (χ2v) is 6.22. The number of hydrogen-bond acceptors (Lipinski definition) is 2. The zero-order valence-electron chi connectivity index (χ0n) is 12.0. The summed E-state index contributed by atoms with van der Waals surface area (Å²) in [5.41, 5.74) is 1.48. The number of nitrogens with one attached hydrogen (secondary N) is 1. The van der Waals surface area contributed by atoms with Crippen molar-refractivity contribution in [3.63, 3.8) is 0 Å². The minimum absolute atomic E-state index is 0.579. The summed E-state index contributed by atoms with van der Waals surface area (Å²) >= 11 is 0. The van der Waals surface area contributed by atoms with Gasteiger partial charge in [0.1, 0.15) is 0 Å². The van der Waals surface area contributed by atoms with E-state index >= 15 is 0 Å². The van der Waals surface area contributed by atoms with Crippen molar-refractivity contribution in [2.75, 3.05) is 19.6 Å². The van der Waals surface area contributed by atoms with Gasteiger partial charge in [-0.15, -0.1) is 0 Å². The molecular formula is C17H26N2. The minimum Gasteiger partial charge on any atom is -0.311 e. The summed E-state index contributed by atoms with van der Waals surface area (Å²) < 4.78 is 0. The molecule has 0 aromatic heterocycles. The molecule has 0 amide bonds. The smallest absolute Gasteiger partial charge is 0.0473 e. The molecule has 1 aliphatic heterocycles. The van der Waals surface area contributed by atoms with Crippen LogP contribution in [0.15, 0.2) is 30.3 Å². The van der Waals surface area contributed by atoms with Crippen LogP contribution in [-0.4, -0.2) is 30.6 Å². The zero-order chi connectivity index (χ0) is 13.1. The fraction of sp³-hybridized carbons (Fsp3) is 0.647. The van der Waals surface area contributed by atoms with E-state index in [0.29, 0.717) is 12.1 Å². The van der Waals surface area contributed by atoms with Gasteiger partial charge in [-0.2, -0.15) is 0 Å². The molecule has 0 spiro atoms. The zero-order valence-corrected chi connectivity index (χ0v) is 12.0. The van der Waals surface area contributed by atoms with Crippen LogP contribution in [-0.2, 0) is 0 Å². The Hall–Kier alpha value is -0.860. The van der Waals surface area contributed by atoms with Crippen LogP contribution in [0.1, 0.15) is 44.2 Å². The van der Waals surface area contributed by atoms with Gasteiger partial charge in [0.15, 0.2) is 0 Å². The molecule has 0 radical (unpaired) electrons. The van der Waals surface area contributed by atoms with Crippen molar-refractivity contribution in [3.8, 4) is 0 Å². The lowest BCUT2D eigenvalue weighted by atomic mass is 9.99. The molecule has 1 aromatic carbocycles. The van der Waals surface area contributed by atoms with Crippen molar-refractivity contribution >= 4 is 0 Å². The Labute approximate surface area is 117 Å². The first-order valence-electron chi connectivity index (χ1n) is 7.89. The van der Waals surface area contributed by atoms with Crippen LogP contribution in [0.2, 0.25) is 0 Å². The number of rotatable bonds is 5. The lowest BCUT2D eigenvalue weighted by Crippen LogP contribution is -2.52. The molecule has 0 bridgehead atoms. The summed E-state index contributed by atoms with van der Waals surface area (Å²) in [4.78, 5) is 2.74. The highest BCUT2D eigenvalue weighted by molar-refractivity contribution is 5.20. The molecular weight excluding hydrogens is 232 g/mol. The van der Waals surface area contributed by atoms with Crippen molar-refractivity contribution in [3.05, 3.63) is 35.9 Å². The maximum absolute atomic E-state index is 3.75. The molecule has 1 aromatic rings. The van der Waals surface area contributed by atoms with Crippen molar-refractivity contribution in [1.82, 2.24) is 10.2 Å². The molecule has 2 atom stereocenters. The molecule has 104 valence electrons. The average molecular weight is 258 g/mol. The lowest BCUT2D eigenvalue weighted by molar-refractivity contribution is 0.121. The Balaban J connectivity index is 1.70. The predicted molar refractivity (Wildman–Crippen MR) is 80.2 cm³/mol. The summed E-state index contributed by atoms with van der Waals surface area (Å²) in [5, 5.41) is 3.75. The van der Waals surface area contributed by atoms with Gasteiger partial charge >= 0.3 is 0 Å².